The zero-order chi connectivity index (χ0) is 59.6. The number of hydrogen-bond acceptors (Lipinski definition) is 19. The molecule has 1 saturated heterocycles. The van der Waals surface area contributed by atoms with Crippen molar-refractivity contribution in [1.29, 1.82) is 0 Å². The van der Waals surface area contributed by atoms with Crippen molar-refractivity contribution in [2.24, 2.45) is 11.8 Å². The summed E-state index contributed by atoms with van der Waals surface area (Å²) in [6.45, 7) is 27.1. The monoisotopic (exact) mass is 1130 g/mol. The summed E-state index contributed by atoms with van der Waals surface area (Å²) in [6, 6.07) is -5.56. The van der Waals surface area contributed by atoms with Crippen molar-refractivity contribution in [3.63, 3.8) is 0 Å². The minimum Gasteiger partial charge on any atom is -0.491 e. The van der Waals surface area contributed by atoms with Gasteiger partial charge in [-0.15, -0.1) is 0 Å². The number of aliphatic hydroxyl groups excluding tert-OH is 2. The van der Waals surface area contributed by atoms with Gasteiger partial charge in [-0.1, -0.05) is 0 Å². The quantitative estimate of drug-likeness (QED) is 0.111. The average molecular weight is 1130 g/mol. The van der Waals surface area contributed by atoms with Crippen LogP contribution in [0.15, 0.2) is 11.8 Å². The van der Waals surface area contributed by atoms with Gasteiger partial charge in [-0.2, -0.15) is 0 Å². The first-order valence-corrected chi connectivity index (χ1v) is 27.4. The molecule has 5 rings (SSSR count). The lowest BCUT2D eigenvalue weighted by atomic mass is 9.71. The number of alkyl carbamates (subject to hydrolysis) is 4. The minimum absolute atomic E-state index is 0.0541. The van der Waals surface area contributed by atoms with E-state index in [1.807, 2.05) is 0 Å². The molecule has 0 radical (unpaired) electrons. The maximum atomic E-state index is 14.4. The van der Waals surface area contributed by atoms with Crippen LogP contribution >= 0.6 is 0 Å². The summed E-state index contributed by atoms with van der Waals surface area (Å²) in [6.07, 6.45) is -9.33. The standard InChI is InChI=1S/C54H93N7O18/c1-48(2,3)75-43(65)56-29-20-28(21-29)25-55-26-31-18-19-32(59-45(67)77-50(7,8)9)38(73-31)35-33(60-46(68)78-51(10,11)12)22-34(58-42(64)54(71)23-30(24-54)57-44(66)76-49(4,5)6)39(36(35)62)74-41-37(63)40(53(16,70)27-72-41)61(17)47(69)79-52(13,14)15/h18,28-30,32-41,55,62-63,70-71H,19-27H2,1-17H3,(H,56,65)(H,57,66)(H,58,64)(H,59,67)(H,60,68)/t28-,29-,30?,32-,33+,34-,35?,36+,37-,38+,39+,40-,41-,53+,54?/m1/s1. The molecule has 3 aliphatic carbocycles. The van der Waals surface area contributed by atoms with E-state index >= 15 is 0 Å². The molecule has 25 nitrogen and oxygen atoms in total. The van der Waals surface area contributed by atoms with Gasteiger partial charge in [0.1, 0.15) is 63.3 Å². The third kappa shape index (κ3) is 19.1. The highest BCUT2D eigenvalue weighted by Crippen LogP contribution is 2.40. The molecule has 0 aromatic rings. The fourth-order valence-corrected chi connectivity index (χ4v) is 10.4. The molecule has 1 unspecified atom stereocenters. The van der Waals surface area contributed by atoms with E-state index in [0.717, 1.165) is 4.90 Å². The molecule has 25 heteroatoms. The summed E-state index contributed by atoms with van der Waals surface area (Å²) in [5.41, 5.74) is -8.25. The molecular weight excluding hydrogens is 1030 g/mol. The zero-order valence-corrected chi connectivity index (χ0v) is 49.4. The molecule has 2 aliphatic heterocycles. The molecule has 11 atom stereocenters. The van der Waals surface area contributed by atoms with Crippen molar-refractivity contribution in [2.45, 2.75) is 255 Å². The van der Waals surface area contributed by atoms with Crippen LogP contribution in [0.4, 0.5) is 24.0 Å². The van der Waals surface area contributed by atoms with Crippen LogP contribution in [0.3, 0.4) is 0 Å². The first-order valence-electron chi connectivity index (χ1n) is 27.4. The Balaban J connectivity index is 1.50. The van der Waals surface area contributed by atoms with Crippen LogP contribution in [0.5, 0.6) is 0 Å². The molecule has 4 fully saturated rings. The molecule has 10 N–H and O–H groups in total. The first kappa shape index (κ1) is 64.9. The molecular formula is C54H93N7O18. The van der Waals surface area contributed by atoms with Crippen molar-refractivity contribution in [1.82, 2.24) is 36.8 Å². The Morgan fingerprint density at radius 2 is 1.13 bits per heavy atom. The first-order chi connectivity index (χ1) is 36.0. The molecule has 79 heavy (non-hydrogen) atoms. The van der Waals surface area contributed by atoms with E-state index in [4.69, 9.17) is 37.9 Å². The summed E-state index contributed by atoms with van der Waals surface area (Å²) in [5.74, 6) is -1.53. The highest BCUT2D eigenvalue weighted by molar-refractivity contribution is 5.87. The van der Waals surface area contributed by atoms with Gasteiger partial charge in [0, 0.05) is 43.9 Å². The Kier molecular flexibility index (Phi) is 20.3. The van der Waals surface area contributed by atoms with Gasteiger partial charge in [-0.25, -0.2) is 24.0 Å². The van der Waals surface area contributed by atoms with Crippen molar-refractivity contribution < 1.29 is 87.1 Å². The molecule has 5 aliphatic rings. The summed E-state index contributed by atoms with van der Waals surface area (Å²) in [4.78, 5) is 81.4. The number of carbonyl (C=O) groups is 6. The number of nitrogens with zero attached hydrogens (tertiary/aromatic N) is 1. The van der Waals surface area contributed by atoms with Crippen LogP contribution in [-0.2, 0) is 42.7 Å². The smallest absolute Gasteiger partial charge is 0.410 e. The highest BCUT2D eigenvalue weighted by Gasteiger charge is 2.58. The summed E-state index contributed by atoms with van der Waals surface area (Å²) >= 11 is 0. The second kappa shape index (κ2) is 24.7. The van der Waals surface area contributed by atoms with E-state index in [-0.39, 0.29) is 44.2 Å². The molecule has 0 aromatic carbocycles. The van der Waals surface area contributed by atoms with Gasteiger partial charge in [0.15, 0.2) is 6.29 Å². The number of amides is 6. The molecule has 0 aromatic heterocycles. The normalized spacial score (nSPS) is 33.1. The number of ether oxygens (including phenoxy) is 8. The third-order valence-electron chi connectivity index (χ3n) is 13.7. The Morgan fingerprint density at radius 1 is 0.646 bits per heavy atom. The van der Waals surface area contributed by atoms with Crippen LogP contribution in [0, 0.1) is 11.8 Å². The predicted octanol–water partition coefficient (Wildman–Crippen LogP) is 3.71. The van der Waals surface area contributed by atoms with Gasteiger partial charge < -0.3 is 95.1 Å². The largest absolute Gasteiger partial charge is 0.491 e. The predicted molar refractivity (Wildman–Crippen MR) is 285 cm³/mol. The van der Waals surface area contributed by atoms with E-state index < -0.39 is 149 Å². The highest BCUT2D eigenvalue weighted by atomic mass is 16.7. The lowest BCUT2D eigenvalue weighted by molar-refractivity contribution is -0.306. The molecule has 2 heterocycles. The van der Waals surface area contributed by atoms with E-state index in [9.17, 15) is 49.2 Å². The number of nitrogens with one attached hydrogen (secondary N) is 6. The van der Waals surface area contributed by atoms with Gasteiger partial charge in [0.25, 0.3) is 5.91 Å². The van der Waals surface area contributed by atoms with Crippen molar-refractivity contribution >= 4 is 36.4 Å². The average Bonchev–Trinajstić information content (AvgIpc) is 3.21. The fraction of sp³-hybridized carbons (Fsp3) is 0.852. The number of hydrogen-bond donors (Lipinski definition) is 10. The van der Waals surface area contributed by atoms with Crippen LogP contribution in [0.25, 0.3) is 0 Å². The Bertz CT molecular complexity index is 2180. The Labute approximate surface area is 464 Å². The lowest BCUT2D eigenvalue weighted by Crippen LogP contribution is -2.72. The number of rotatable bonds is 14. The second-order valence-electron chi connectivity index (χ2n) is 27.1. The van der Waals surface area contributed by atoms with Gasteiger partial charge in [0.05, 0.1) is 37.4 Å². The maximum absolute atomic E-state index is 14.4. The number of likely N-dealkylation sites (N-methyl/N-ethyl adjacent to an activating group) is 1. The molecule has 6 amide bonds. The van der Waals surface area contributed by atoms with E-state index in [1.165, 1.54) is 14.0 Å². The molecule has 0 spiro atoms. The van der Waals surface area contributed by atoms with E-state index in [1.54, 1.807) is 110 Å². The van der Waals surface area contributed by atoms with Gasteiger partial charge in [-0.3, -0.25) is 4.79 Å². The zero-order valence-electron chi connectivity index (χ0n) is 49.4. The SMILES string of the molecule is CN(C(=O)OC(C)(C)C)[C@@H]1[C@@H](O)[C@@H](O[C@H]2[C@H](NC(=O)C3(O)CC(NC(=O)OC(C)(C)C)C3)C[C@H](NC(=O)OC(C)(C)C)C([C@H]3OC(CNC[C@H]4C[C@H](NC(=O)OC(C)(C)C)C4)=CC[C@H]3NC(=O)OC(C)(C)C)[C@@H]2O)OC[C@]1(C)O. The molecule has 452 valence electrons. The van der Waals surface area contributed by atoms with Crippen molar-refractivity contribution in [2.75, 3.05) is 26.7 Å². The minimum atomic E-state index is -2.04. The van der Waals surface area contributed by atoms with Crippen molar-refractivity contribution in [3.8, 4) is 0 Å². The van der Waals surface area contributed by atoms with Gasteiger partial charge >= 0.3 is 30.5 Å². The van der Waals surface area contributed by atoms with Crippen LogP contribution in [0.2, 0.25) is 0 Å². The van der Waals surface area contributed by atoms with Crippen LogP contribution in [-0.4, -0.2) is 195 Å². The summed E-state index contributed by atoms with van der Waals surface area (Å²) in [7, 11) is 1.33. The summed E-state index contributed by atoms with van der Waals surface area (Å²) in [5, 5.41) is 66.1. The van der Waals surface area contributed by atoms with E-state index in [2.05, 4.69) is 31.9 Å². The maximum Gasteiger partial charge on any atom is 0.410 e. The summed E-state index contributed by atoms with van der Waals surface area (Å²) < 4.78 is 47.1. The topological polar surface area (TPSA) is 333 Å². The number of carbonyl (C=O) groups excluding carboxylic acids is 6. The fourth-order valence-electron chi connectivity index (χ4n) is 10.4. The molecule has 0 bridgehead atoms. The molecule has 3 saturated carbocycles. The second-order valence-corrected chi connectivity index (χ2v) is 27.1. The Hall–Kier alpha value is -4.92. The van der Waals surface area contributed by atoms with Gasteiger partial charge in [0.2, 0.25) is 0 Å². The van der Waals surface area contributed by atoms with Gasteiger partial charge in [-0.05, 0) is 155 Å². The van der Waals surface area contributed by atoms with Crippen molar-refractivity contribution in [3.05, 3.63) is 11.8 Å². The number of aliphatic hydroxyl groups is 4. The van der Waals surface area contributed by atoms with E-state index in [0.29, 0.717) is 25.1 Å². The Morgan fingerprint density at radius 3 is 1.63 bits per heavy atom. The third-order valence-corrected chi connectivity index (χ3v) is 13.7. The lowest BCUT2D eigenvalue weighted by Gasteiger charge is -2.52. The van der Waals surface area contributed by atoms with Crippen LogP contribution < -0.4 is 31.9 Å². The van der Waals surface area contributed by atoms with Crippen LogP contribution in [0.1, 0.15) is 149 Å².